The van der Waals surface area contributed by atoms with Crippen molar-refractivity contribution >= 4 is 28.7 Å². The molecule has 0 aliphatic heterocycles. The van der Waals surface area contributed by atoms with Crippen molar-refractivity contribution in [1.82, 2.24) is 5.32 Å². The molecule has 2 amide bonds. The number of allylic oxidation sites excluding steroid dienone is 1. The number of hydrogen-bond acceptors (Lipinski definition) is 6. The van der Waals surface area contributed by atoms with Gasteiger partial charge in [-0.25, -0.2) is 9.59 Å². The van der Waals surface area contributed by atoms with E-state index in [4.69, 9.17) is 14.6 Å². The molecule has 8 nitrogen and oxygen atoms in total. The van der Waals surface area contributed by atoms with Crippen molar-refractivity contribution < 1.29 is 34.1 Å². The summed E-state index contributed by atoms with van der Waals surface area (Å²) in [6, 6.07) is 18.5. The molecule has 3 N–H and O–H groups in total. The highest BCUT2D eigenvalue weighted by molar-refractivity contribution is 6.03. The van der Waals surface area contributed by atoms with Crippen molar-refractivity contribution in [1.29, 1.82) is 0 Å². The molecule has 0 fully saturated rings. The Morgan fingerprint density at radius 2 is 1.65 bits per heavy atom. The zero-order valence-electron chi connectivity index (χ0n) is 18.5. The molecule has 3 rings (SSSR count). The maximum Gasteiger partial charge on any atom is 0.414 e. The summed E-state index contributed by atoms with van der Waals surface area (Å²) in [6.45, 7) is 0. The molecule has 3 aromatic rings. The molecule has 0 spiro atoms. The van der Waals surface area contributed by atoms with Crippen LogP contribution in [0.3, 0.4) is 0 Å². The van der Waals surface area contributed by atoms with Crippen LogP contribution in [0.1, 0.15) is 34.9 Å². The fraction of sp³-hybridized carbons (Fsp3) is 0.192. The Kier molecular flexibility index (Phi) is 8.37. The van der Waals surface area contributed by atoms with Crippen LogP contribution < -0.4 is 5.32 Å². The maximum atomic E-state index is 12.7. The molecule has 34 heavy (non-hydrogen) atoms. The summed E-state index contributed by atoms with van der Waals surface area (Å²) in [4.78, 5) is 35.9. The number of benzene rings is 3. The van der Waals surface area contributed by atoms with Gasteiger partial charge in [-0.3, -0.25) is 10.1 Å². The van der Waals surface area contributed by atoms with E-state index in [2.05, 4.69) is 5.32 Å². The number of rotatable bonds is 9. The molecule has 0 aromatic heterocycles. The van der Waals surface area contributed by atoms with Crippen LogP contribution in [0.4, 0.5) is 4.79 Å². The Bertz CT molecular complexity index is 1190. The first-order chi connectivity index (χ1) is 16.4. The van der Waals surface area contributed by atoms with E-state index >= 15 is 0 Å². The van der Waals surface area contributed by atoms with Gasteiger partial charge in [0.05, 0.1) is 6.10 Å². The van der Waals surface area contributed by atoms with Crippen LogP contribution in [0.5, 0.6) is 5.75 Å². The number of amides is 2. The van der Waals surface area contributed by atoms with Crippen molar-refractivity contribution in [3.63, 3.8) is 0 Å². The van der Waals surface area contributed by atoms with E-state index in [0.717, 1.165) is 6.08 Å². The molecule has 2 atom stereocenters. The Hall–Kier alpha value is -4.17. The number of carbonyl (C=O) groups excluding carboxylic acids is 2. The van der Waals surface area contributed by atoms with Crippen LogP contribution in [0, 0.1) is 0 Å². The number of carbonyl (C=O) groups is 3. The molecule has 3 aromatic carbocycles. The molecule has 0 bridgehead atoms. The second-order valence-electron chi connectivity index (χ2n) is 7.46. The van der Waals surface area contributed by atoms with Gasteiger partial charge >= 0.3 is 12.1 Å². The van der Waals surface area contributed by atoms with Gasteiger partial charge in [0.2, 0.25) is 0 Å². The quantitative estimate of drug-likeness (QED) is 0.397. The molecule has 8 heteroatoms. The van der Waals surface area contributed by atoms with Gasteiger partial charge in [0.1, 0.15) is 5.75 Å². The number of aromatic hydroxyl groups is 1. The SMILES string of the molecule is CO[C@H](CC/C=C/C(=O)O)[C@H](OC(=O)NC(=O)c1ccccc1)c1ccc(O)c2ccccc12. The molecule has 0 radical (unpaired) electrons. The lowest BCUT2D eigenvalue weighted by Crippen LogP contribution is -2.35. The van der Waals surface area contributed by atoms with E-state index in [-0.39, 0.29) is 5.75 Å². The third kappa shape index (κ3) is 6.20. The number of aliphatic carboxylic acids is 1. The molecule has 0 unspecified atom stereocenters. The summed E-state index contributed by atoms with van der Waals surface area (Å²) in [7, 11) is 1.46. The maximum absolute atomic E-state index is 12.7. The van der Waals surface area contributed by atoms with Crippen molar-refractivity contribution in [3.8, 4) is 5.75 Å². The lowest BCUT2D eigenvalue weighted by atomic mass is 9.94. The lowest BCUT2D eigenvalue weighted by Gasteiger charge is -2.27. The van der Waals surface area contributed by atoms with Crippen molar-refractivity contribution in [3.05, 3.63) is 90.0 Å². The third-order valence-electron chi connectivity index (χ3n) is 5.25. The van der Waals surface area contributed by atoms with Gasteiger partial charge in [0.25, 0.3) is 5.91 Å². The summed E-state index contributed by atoms with van der Waals surface area (Å²) in [6.07, 6.45) is 0.634. The lowest BCUT2D eigenvalue weighted by molar-refractivity contribution is -0.131. The van der Waals surface area contributed by atoms with Crippen LogP contribution in [0.25, 0.3) is 10.8 Å². The van der Waals surface area contributed by atoms with Crippen LogP contribution >= 0.6 is 0 Å². The van der Waals surface area contributed by atoms with Gasteiger partial charge in [0, 0.05) is 29.7 Å². The minimum atomic E-state index is -1.06. The molecule has 176 valence electrons. The molecular weight excluding hydrogens is 438 g/mol. The van der Waals surface area contributed by atoms with Crippen LogP contribution in [-0.4, -0.2) is 41.4 Å². The first kappa shape index (κ1) is 24.5. The van der Waals surface area contributed by atoms with Crippen molar-refractivity contribution in [2.45, 2.75) is 25.0 Å². The number of nitrogens with one attached hydrogen (secondary N) is 1. The van der Waals surface area contributed by atoms with Gasteiger partial charge in [0.15, 0.2) is 6.10 Å². The summed E-state index contributed by atoms with van der Waals surface area (Å²) in [5, 5.41) is 22.5. The Balaban J connectivity index is 1.90. The number of fused-ring (bicyclic) bond motifs is 1. The van der Waals surface area contributed by atoms with Crippen LogP contribution in [0.2, 0.25) is 0 Å². The molecule has 0 aliphatic carbocycles. The molecular formula is C26H25NO7. The van der Waals surface area contributed by atoms with Gasteiger partial charge in [-0.15, -0.1) is 0 Å². The zero-order valence-corrected chi connectivity index (χ0v) is 18.5. The standard InChI is InChI=1S/C26H25NO7/c1-33-22(13-7-8-14-23(29)30)24(20-15-16-21(28)19-12-6-5-11-18(19)20)34-26(32)27-25(31)17-9-3-2-4-10-17/h2-6,8-12,14-16,22,24,28H,7,13H2,1H3,(H,29,30)(H,27,31,32)/b14-8+/t22-,24-/m1/s1. The molecule has 0 saturated carbocycles. The Morgan fingerprint density at radius 3 is 2.32 bits per heavy atom. The molecule has 0 heterocycles. The van der Waals surface area contributed by atoms with Crippen LogP contribution in [0.15, 0.2) is 78.9 Å². The Morgan fingerprint density at radius 1 is 0.971 bits per heavy atom. The predicted molar refractivity (Wildman–Crippen MR) is 126 cm³/mol. The van der Waals surface area contributed by atoms with E-state index < -0.39 is 30.2 Å². The van der Waals surface area contributed by atoms with Crippen molar-refractivity contribution in [2.24, 2.45) is 0 Å². The number of imide groups is 1. The molecule has 0 saturated heterocycles. The highest BCUT2D eigenvalue weighted by atomic mass is 16.6. The number of phenolic OH excluding ortho intramolecular Hbond substituents is 1. The van der Waals surface area contributed by atoms with Crippen LogP contribution in [-0.2, 0) is 14.3 Å². The fourth-order valence-corrected chi connectivity index (χ4v) is 3.63. The number of methoxy groups -OCH3 is 1. The van der Waals surface area contributed by atoms with E-state index in [0.29, 0.717) is 34.7 Å². The third-order valence-corrected chi connectivity index (χ3v) is 5.25. The zero-order chi connectivity index (χ0) is 24.5. The number of alkyl carbamates (subject to hydrolysis) is 1. The average molecular weight is 463 g/mol. The average Bonchev–Trinajstić information content (AvgIpc) is 2.84. The summed E-state index contributed by atoms with van der Waals surface area (Å²) in [5.74, 6) is -1.61. The van der Waals surface area contributed by atoms with Gasteiger partial charge in [-0.2, -0.15) is 0 Å². The minimum Gasteiger partial charge on any atom is -0.507 e. The normalized spacial score (nSPS) is 12.9. The van der Waals surface area contributed by atoms with E-state index in [1.807, 2.05) is 0 Å². The summed E-state index contributed by atoms with van der Waals surface area (Å²) >= 11 is 0. The predicted octanol–water partition coefficient (Wildman–Crippen LogP) is 4.59. The Labute approximate surface area is 196 Å². The van der Waals surface area contributed by atoms with E-state index in [9.17, 15) is 19.5 Å². The highest BCUT2D eigenvalue weighted by Gasteiger charge is 2.29. The van der Waals surface area contributed by atoms with E-state index in [1.165, 1.54) is 19.3 Å². The number of carboxylic acids is 1. The topological polar surface area (TPSA) is 122 Å². The number of hydrogen-bond donors (Lipinski definition) is 3. The summed E-state index contributed by atoms with van der Waals surface area (Å²) in [5.41, 5.74) is 0.873. The highest BCUT2D eigenvalue weighted by Crippen LogP contribution is 2.35. The summed E-state index contributed by atoms with van der Waals surface area (Å²) < 4.78 is 11.3. The first-order valence-corrected chi connectivity index (χ1v) is 10.6. The monoisotopic (exact) mass is 463 g/mol. The van der Waals surface area contributed by atoms with Gasteiger partial charge in [-0.05, 0) is 36.4 Å². The largest absolute Gasteiger partial charge is 0.507 e. The smallest absolute Gasteiger partial charge is 0.414 e. The number of carboxylic acid groups (broad SMARTS) is 1. The second-order valence-corrected chi connectivity index (χ2v) is 7.46. The van der Waals surface area contributed by atoms with Gasteiger partial charge in [-0.1, -0.05) is 54.6 Å². The van der Waals surface area contributed by atoms with Gasteiger partial charge < -0.3 is 19.7 Å². The minimum absolute atomic E-state index is 0.0696. The number of ether oxygens (including phenoxy) is 2. The fourth-order valence-electron chi connectivity index (χ4n) is 3.63. The van der Waals surface area contributed by atoms with Crippen molar-refractivity contribution in [2.75, 3.05) is 7.11 Å². The molecule has 0 aliphatic rings. The first-order valence-electron chi connectivity index (χ1n) is 10.6. The number of phenols is 1. The second kappa shape index (κ2) is 11.6. The van der Waals surface area contributed by atoms with E-state index in [1.54, 1.807) is 60.7 Å².